The molecule has 4 rings (SSSR count). The summed E-state index contributed by atoms with van der Waals surface area (Å²) in [5.74, 6) is 0.313. The zero-order valence-electron chi connectivity index (χ0n) is 17.1. The fraction of sp³-hybridized carbons (Fsp3) is 0.579. The summed E-state index contributed by atoms with van der Waals surface area (Å²) in [7, 11) is -3.60. The van der Waals surface area contributed by atoms with Gasteiger partial charge in [0.2, 0.25) is 15.9 Å². The smallest absolute Gasteiger partial charge is 0.292 e. The van der Waals surface area contributed by atoms with Crippen molar-refractivity contribution in [2.45, 2.75) is 37.6 Å². The molecule has 0 amide bonds. The minimum atomic E-state index is -3.60. The molecule has 164 valence electrons. The SMILES string of the molecule is C[C@@H]1C[NH+](Cn2nc(-c3cccc(S(=O)(=O)N4CCOCC4)c3)oc2=S)C[C@H](C)O1. The van der Waals surface area contributed by atoms with Crippen LogP contribution in [0.4, 0.5) is 0 Å². The highest BCUT2D eigenvalue weighted by atomic mass is 32.2. The van der Waals surface area contributed by atoms with E-state index in [0.29, 0.717) is 44.4 Å². The van der Waals surface area contributed by atoms with Gasteiger partial charge in [0.25, 0.3) is 4.84 Å². The first kappa shape index (κ1) is 21.6. The maximum atomic E-state index is 12.9. The topological polar surface area (TPSA) is 91.2 Å². The van der Waals surface area contributed by atoms with Gasteiger partial charge in [0.05, 0.1) is 18.1 Å². The van der Waals surface area contributed by atoms with E-state index in [1.54, 1.807) is 28.9 Å². The van der Waals surface area contributed by atoms with E-state index in [-0.39, 0.29) is 21.9 Å². The van der Waals surface area contributed by atoms with Crippen LogP contribution in [0.25, 0.3) is 11.5 Å². The Morgan fingerprint density at radius 3 is 2.60 bits per heavy atom. The summed E-state index contributed by atoms with van der Waals surface area (Å²) >= 11 is 5.36. The number of hydrogen-bond donors (Lipinski definition) is 1. The van der Waals surface area contributed by atoms with E-state index in [2.05, 4.69) is 18.9 Å². The molecule has 30 heavy (non-hydrogen) atoms. The third-order valence-corrected chi connectivity index (χ3v) is 7.47. The molecule has 0 aliphatic carbocycles. The Bertz CT molecular complexity index is 1040. The third kappa shape index (κ3) is 4.66. The molecule has 1 N–H and O–H groups in total. The number of sulfonamides is 1. The van der Waals surface area contributed by atoms with Gasteiger partial charge in [-0.05, 0) is 44.3 Å². The monoisotopic (exact) mass is 455 g/mol. The molecule has 1 unspecified atom stereocenters. The molecule has 0 spiro atoms. The average Bonchev–Trinajstić information content (AvgIpc) is 3.08. The van der Waals surface area contributed by atoms with Crippen LogP contribution in [0, 0.1) is 4.84 Å². The molecule has 3 atom stereocenters. The molecule has 0 bridgehead atoms. The highest BCUT2D eigenvalue weighted by Crippen LogP contribution is 2.24. The zero-order chi connectivity index (χ0) is 21.3. The van der Waals surface area contributed by atoms with Gasteiger partial charge < -0.3 is 18.8 Å². The van der Waals surface area contributed by atoms with Gasteiger partial charge in [-0.15, -0.1) is 5.10 Å². The molecule has 2 aliphatic rings. The summed E-state index contributed by atoms with van der Waals surface area (Å²) in [5, 5.41) is 4.52. The number of rotatable bonds is 5. The Morgan fingerprint density at radius 2 is 1.90 bits per heavy atom. The van der Waals surface area contributed by atoms with Gasteiger partial charge in [-0.2, -0.15) is 8.99 Å². The first-order chi connectivity index (χ1) is 14.3. The van der Waals surface area contributed by atoms with Crippen molar-refractivity contribution in [2.75, 3.05) is 39.4 Å². The minimum absolute atomic E-state index is 0.173. The van der Waals surface area contributed by atoms with Crippen molar-refractivity contribution in [3.8, 4) is 11.5 Å². The third-order valence-electron chi connectivity index (χ3n) is 5.29. The van der Waals surface area contributed by atoms with Gasteiger partial charge in [0.15, 0.2) is 6.67 Å². The second-order valence-electron chi connectivity index (χ2n) is 7.79. The second kappa shape index (κ2) is 8.85. The van der Waals surface area contributed by atoms with E-state index in [1.807, 2.05) is 0 Å². The van der Waals surface area contributed by atoms with Crippen LogP contribution in [0.2, 0.25) is 0 Å². The number of benzene rings is 1. The lowest BCUT2D eigenvalue weighted by atomic mass is 10.2. The molecule has 11 heteroatoms. The Kier molecular flexibility index (Phi) is 6.37. The first-order valence-corrected chi connectivity index (χ1v) is 11.9. The number of quaternary nitrogens is 1. The summed E-state index contributed by atoms with van der Waals surface area (Å²) in [5.41, 5.74) is 0.577. The van der Waals surface area contributed by atoms with Crippen LogP contribution < -0.4 is 4.90 Å². The molecule has 3 heterocycles. The van der Waals surface area contributed by atoms with Crippen molar-refractivity contribution in [3.63, 3.8) is 0 Å². The molecular weight excluding hydrogens is 428 g/mol. The normalized spacial score (nSPS) is 26.0. The van der Waals surface area contributed by atoms with Crippen LogP contribution in [-0.2, 0) is 26.2 Å². The van der Waals surface area contributed by atoms with E-state index >= 15 is 0 Å². The summed E-state index contributed by atoms with van der Waals surface area (Å²) in [6.45, 7) is 7.92. The lowest BCUT2D eigenvalue weighted by Crippen LogP contribution is -3.14. The predicted octanol–water partition coefficient (Wildman–Crippen LogP) is 0.543. The summed E-state index contributed by atoms with van der Waals surface area (Å²) in [4.78, 5) is 1.78. The quantitative estimate of drug-likeness (QED) is 0.658. The number of ether oxygens (including phenoxy) is 2. The standard InChI is InChI=1S/C19H26N4O5S2/c1-14-11-21(12-15(2)27-14)13-23-19(29)28-18(20-23)16-4-3-5-17(10-16)30(24,25)22-6-8-26-9-7-22/h3-5,10,14-15H,6-9,11-13H2,1-2H3/p+1/t14-,15+. The highest BCUT2D eigenvalue weighted by molar-refractivity contribution is 7.89. The first-order valence-electron chi connectivity index (χ1n) is 10.1. The number of hydrogen-bond acceptors (Lipinski definition) is 7. The van der Waals surface area contributed by atoms with E-state index in [4.69, 9.17) is 26.1 Å². The Balaban J connectivity index is 1.56. The number of morpholine rings is 2. The molecule has 2 saturated heterocycles. The second-order valence-corrected chi connectivity index (χ2v) is 10.1. The number of nitrogens with one attached hydrogen (secondary N) is 1. The zero-order valence-corrected chi connectivity index (χ0v) is 18.7. The van der Waals surface area contributed by atoms with Crippen LogP contribution in [0.5, 0.6) is 0 Å². The van der Waals surface area contributed by atoms with Gasteiger partial charge >= 0.3 is 0 Å². The van der Waals surface area contributed by atoms with Crippen molar-refractivity contribution in [1.82, 2.24) is 14.1 Å². The van der Waals surface area contributed by atoms with E-state index in [9.17, 15) is 8.42 Å². The Hall–Kier alpha value is -1.63. The van der Waals surface area contributed by atoms with Crippen LogP contribution in [0.1, 0.15) is 13.8 Å². The van der Waals surface area contributed by atoms with Gasteiger partial charge in [-0.1, -0.05) is 6.07 Å². The highest BCUT2D eigenvalue weighted by Gasteiger charge is 2.28. The maximum absolute atomic E-state index is 12.9. The van der Waals surface area contributed by atoms with Crippen LogP contribution >= 0.6 is 12.2 Å². The molecule has 2 fully saturated rings. The predicted molar refractivity (Wildman–Crippen MR) is 111 cm³/mol. The van der Waals surface area contributed by atoms with Crippen LogP contribution in [0.3, 0.4) is 0 Å². The van der Waals surface area contributed by atoms with Crippen molar-refractivity contribution in [2.24, 2.45) is 0 Å². The Labute approximate surface area is 181 Å². The van der Waals surface area contributed by atoms with Gasteiger partial charge in [-0.25, -0.2) is 8.42 Å². The molecule has 1 aromatic heterocycles. The maximum Gasteiger partial charge on any atom is 0.292 e. The van der Waals surface area contributed by atoms with Crippen LogP contribution in [0.15, 0.2) is 33.6 Å². The summed E-state index contributed by atoms with van der Waals surface area (Å²) in [6, 6.07) is 6.63. The van der Waals surface area contributed by atoms with Gasteiger partial charge in [0, 0.05) is 18.7 Å². The van der Waals surface area contributed by atoms with Gasteiger partial charge in [-0.3, -0.25) is 0 Å². The fourth-order valence-electron chi connectivity index (χ4n) is 3.98. The van der Waals surface area contributed by atoms with Crippen LogP contribution in [-0.4, -0.2) is 74.1 Å². The van der Waals surface area contributed by atoms with Crippen molar-refractivity contribution < 1.29 is 27.2 Å². The molecular formula is C19H27N4O5S2+. The fourth-order valence-corrected chi connectivity index (χ4v) is 5.62. The number of nitrogens with zero attached hydrogens (tertiary/aromatic N) is 3. The average molecular weight is 456 g/mol. The van der Waals surface area contributed by atoms with Gasteiger partial charge in [0.1, 0.15) is 25.3 Å². The molecule has 0 saturated carbocycles. The van der Waals surface area contributed by atoms with E-state index < -0.39 is 10.0 Å². The van der Waals surface area contributed by atoms with E-state index in [1.165, 1.54) is 9.21 Å². The van der Waals surface area contributed by atoms with Crippen molar-refractivity contribution in [1.29, 1.82) is 0 Å². The molecule has 2 aliphatic heterocycles. The van der Waals surface area contributed by atoms with E-state index in [0.717, 1.165) is 13.1 Å². The largest absolute Gasteiger partial charge is 0.409 e. The Morgan fingerprint density at radius 1 is 1.20 bits per heavy atom. The molecule has 2 aromatic rings. The summed E-state index contributed by atoms with van der Waals surface area (Å²) in [6.07, 6.45) is 0.345. The molecule has 0 radical (unpaired) electrons. The van der Waals surface area contributed by atoms with Crippen molar-refractivity contribution >= 4 is 22.2 Å². The minimum Gasteiger partial charge on any atom is -0.409 e. The lowest BCUT2D eigenvalue weighted by molar-refractivity contribution is -0.937. The lowest BCUT2D eigenvalue weighted by Gasteiger charge is -2.31. The van der Waals surface area contributed by atoms with Crippen molar-refractivity contribution in [3.05, 3.63) is 29.1 Å². The summed E-state index contributed by atoms with van der Waals surface area (Å²) < 4.78 is 45.7. The molecule has 9 nitrogen and oxygen atoms in total. The number of aromatic nitrogens is 2. The molecule has 1 aromatic carbocycles.